The van der Waals surface area contributed by atoms with E-state index in [1.165, 1.54) is 0 Å². The standard InChI is InChI=1S/C13H13ClN2O2/c1-8-7-12(16-18-8)13(17)15-11-6-4-3-5-10(11)9(2)14/h3-7,9H,1-2H3,(H,15,17). The van der Waals surface area contributed by atoms with Gasteiger partial charge in [-0.1, -0.05) is 23.4 Å². The van der Waals surface area contributed by atoms with E-state index in [-0.39, 0.29) is 17.0 Å². The number of aryl methyl sites for hydroxylation is 1. The number of carbonyl (C=O) groups is 1. The van der Waals surface area contributed by atoms with Crippen LogP contribution in [0.3, 0.4) is 0 Å². The lowest BCUT2D eigenvalue weighted by Gasteiger charge is -2.11. The van der Waals surface area contributed by atoms with Crippen LogP contribution in [-0.4, -0.2) is 11.1 Å². The Bertz CT molecular complexity index is 564. The summed E-state index contributed by atoms with van der Waals surface area (Å²) in [6.07, 6.45) is 0. The second kappa shape index (κ2) is 5.23. The molecule has 18 heavy (non-hydrogen) atoms. The van der Waals surface area contributed by atoms with Gasteiger partial charge in [0.2, 0.25) is 0 Å². The summed E-state index contributed by atoms with van der Waals surface area (Å²) in [6, 6.07) is 8.99. The maximum Gasteiger partial charge on any atom is 0.277 e. The molecule has 0 saturated heterocycles. The minimum atomic E-state index is -0.309. The van der Waals surface area contributed by atoms with Crippen LogP contribution >= 0.6 is 11.6 Å². The molecule has 2 rings (SSSR count). The lowest BCUT2D eigenvalue weighted by Crippen LogP contribution is -2.13. The summed E-state index contributed by atoms with van der Waals surface area (Å²) in [5, 5.41) is 6.26. The molecule has 1 unspecified atom stereocenters. The largest absolute Gasteiger partial charge is 0.361 e. The van der Waals surface area contributed by atoms with Gasteiger partial charge in [0.05, 0.1) is 5.38 Å². The van der Waals surface area contributed by atoms with Crippen molar-refractivity contribution in [3.05, 3.63) is 47.3 Å². The van der Waals surface area contributed by atoms with Crippen LogP contribution in [0.2, 0.25) is 0 Å². The van der Waals surface area contributed by atoms with Crippen molar-refractivity contribution in [1.29, 1.82) is 0 Å². The number of benzene rings is 1. The maximum absolute atomic E-state index is 11.9. The van der Waals surface area contributed by atoms with Crippen LogP contribution in [0.25, 0.3) is 0 Å². The minimum Gasteiger partial charge on any atom is -0.361 e. The highest BCUT2D eigenvalue weighted by Gasteiger charge is 2.14. The number of halogens is 1. The fraction of sp³-hybridized carbons (Fsp3) is 0.231. The van der Waals surface area contributed by atoms with Gasteiger partial charge in [-0.15, -0.1) is 11.6 Å². The third-order valence-electron chi connectivity index (χ3n) is 2.50. The number of para-hydroxylation sites is 1. The lowest BCUT2D eigenvalue weighted by atomic mass is 10.1. The fourth-order valence-corrected chi connectivity index (χ4v) is 1.81. The van der Waals surface area contributed by atoms with E-state index >= 15 is 0 Å². The summed E-state index contributed by atoms with van der Waals surface area (Å²) in [6.45, 7) is 3.59. The number of hydrogen-bond donors (Lipinski definition) is 1. The molecule has 1 amide bonds. The molecular weight excluding hydrogens is 252 g/mol. The van der Waals surface area contributed by atoms with Crippen LogP contribution in [0.5, 0.6) is 0 Å². The fourth-order valence-electron chi connectivity index (χ4n) is 1.62. The molecule has 0 aliphatic carbocycles. The zero-order chi connectivity index (χ0) is 13.1. The van der Waals surface area contributed by atoms with Crippen LogP contribution in [0, 0.1) is 6.92 Å². The first kappa shape index (κ1) is 12.6. The number of rotatable bonds is 3. The van der Waals surface area contributed by atoms with E-state index < -0.39 is 0 Å². The molecule has 1 aromatic heterocycles. The van der Waals surface area contributed by atoms with Gasteiger partial charge in [-0.25, -0.2) is 0 Å². The van der Waals surface area contributed by atoms with E-state index in [0.29, 0.717) is 11.4 Å². The number of anilines is 1. The molecular formula is C13H13ClN2O2. The van der Waals surface area contributed by atoms with E-state index in [4.69, 9.17) is 16.1 Å². The van der Waals surface area contributed by atoms with E-state index in [9.17, 15) is 4.79 Å². The van der Waals surface area contributed by atoms with Gasteiger partial charge < -0.3 is 9.84 Å². The molecule has 1 atom stereocenters. The highest BCUT2D eigenvalue weighted by atomic mass is 35.5. The summed E-state index contributed by atoms with van der Waals surface area (Å²) < 4.78 is 4.86. The molecule has 0 aliphatic rings. The molecule has 0 saturated carbocycles. The molecule has 94 valence electrons. The van der Waals surface area contributed by atoms with Crippen molar-refractivity contribution in [1.82, 2.24) is 5.16 Å². The molecule has 5 heteroatoms. The average molecular weight is 265 g/mol. The Morgan fingerprint density at radius 3 is 2.78 bits per heavy atom. The van der Waals surface area contributed by atoms with Crippen molar-refractivity contribution >= 4 is 23.2 Å². The Hall–Kier alpha value is -1.81. The molecule has 0 aliphatic heterocycles. The number of nitrogens with one attached hydrogen (secondary N) is 1. The first-order chi connectivity index (χ1) is 8.58. The van der Waals surface area contributed by atoms with Gasteiger partial charge in [0.1, 0.15) is 5.76 Å². The Labute approximate surface area is 110 Å². The Morgan fingerprint density at radius 2 is 2.17 bits per heavy atom. The Kier molecular flexibility index (Phi) is 3.67. The molecule has 1 heterocycles. The van der Waals surface area contributed by atoms with Gasteiger partial charge in [-0.05, 0) is 25.5 Å². The van der Waals surface area contributed by atoms with E-state index in [0.717, 1.165) is 5.56 Å². The molecule has 4 nitrogen and oxygen atoms in total. The Morgan fingerprint density at radius 1 is 1.44 bits per heavy atom. The van der Waals surface area contributed by atoms with Crippen LogP contribution in [0.15, 0.2) is 34.9 Å². The predicted molar refractivity (Wildman–Crippen MR) is 69.9 cm³/mol. The predicted octanol–water partition coefficient (Wildman–Crippen LogP) is 3.54. The lowest BCUT2D eigenvalue weighted by molar-refractivity contribution is 0.101. The third kappa shape index (κ3) is 2.71. The number of aromatic nitrogens is 1. The van der Waals surface area contributed by atoms with Gasteiger partial charge in [0.15, 0.2) is 5.69 Å². The molecule has 0 fully saturated rings. The highest BCUT2D eigenvalue weighted by Crippen LogP contribution is 2.27. The van der Waals surface area contributed by atoms with Gasteiger partial charge >= 0.3 is 0 Å². The summed E-state index contributed by atoms with van der Waals surface area (Å²) in [4.78, 5) is 11.9. The number of amides is 1. The maximum atomic E-state index is 11.9. The summed E-state index contributed by atoms with van der Waals surface area (Å²) >= 11 is 6.06. The first-order valence-corrected chi connectivity index (χ1v) is 5.99. The molecule has 2 aromatic rings. The van der Waals surface area contributed by atoms with Crippen LogP contribution in [0.1, 0.15) is 34.1 Å². The molecule has 0 bridgehead atoms. The second-order valence-corrected chi connectivity index (χ2v) is 4.63. The zero-order valence-corrected chi connectivity index (χ0v) is 10.9. The van der Waals surface area contributed by atoms with E-state index in [1.54, 1.807) is 19.1 Å². The monoisotopic (exact) mass is 264 g/mol. The molecule has 1 aromatic carbocycles. The van der Waals surface area contributed by atoms with Crippen molar-refractivity contribution in [3.63, 3.8) is 0 Å². The quantitative estimate of drug-likeness (QED) is 0.863. The summed E-state index contributed by atoms with van der Waals surface area (Å²) in [7, 11) is 0. The van der Waals surface area contributed by atoms with Crippen molar-refractivity contribution < 1.29 is 9.32 Å². The van der Waals surface area contributed by atoms with Gasteiger partial charge in [-0.3, -0.25) is 4.79 Å². The number of alkyl halides is 1. The Balaban J connectivity index is 2.22. The zero-order valence-electron chi connectivity index (χ0n) is 10.1. The molecule has 0 radical (unpaired) electrons. The second-order valence-electron chi connectivity index (χ2n) is 3.98. The average Bonchev–Trinajstić information content (AvgIpc) is 2.76. The number of carbonyl (C=O) groups excluding carboxylic acids is 1. The van der Waals surface area contributed by atoms with Crippen molar-refractivity contribution in [2.24, 2.45) is 0 Å². The van der Waals surface area contributed by atoms with Crippen molar-refractivity contribution in [2.45, 2.75) is 19.2 Å². The smallest absolute Gasteiger partial charge is 0.277 e. The van der Waals surface area contributed by atoms with Crippen LogP contribution < -0.4 is 5.32 Å². The topological polar surface area (TPSA) is 55.1 Å². The highest BCUT2D eigenvalue weighted by molar-refractivity contribution is 6.21. The molecule has 1 N–H and O–H groups in total. The van der Waals surface area contributed by atoms with Crippen LogP contribution in [0.4, 0.5) is 5.69 Å². The van der Waals surface area contributed by atoms with Crippen molar-refractivity contribution in [3.8, 4) is 0 Å². The summed E-state index contributed by atoms with van der Waals surface area (Å²) in [5.74, 6) is 0.288. The van der Waals surface area contributed by atoms with E-state index in [2.05, 4.69) is 10.5 Å². The van der Waals surface area contributed by atoms with Gasteiger partial charge in [-0.2, -0.15) is 0 Å². The molecule has 0 spiro atoms. The first-order valence-electron chi connectivity index (χ1n) is 5.55. The third-order valence-corrected chi connectivity index (χ3v) is 2.73. The number of hydrogen-bond acceptors (Lipinski definition) is 3. The number of nitrogens with zero attached hydrogens (tertiary/aromatic N) is 1. The minimum absolute atomic E-state index is 0.180. The normalized spacial score (nSPS) is 12.2. The van der Waals surface area contributed by atoms with Gasteiger partial charge in [0.25, 0.3) is 5.91 Å². The van der Waals surface area contributed by atoms with Crippen LogP contribution in [-0.2, 0) is 0 Å². The summed E-state index contributed by atoms with van der Waals surface area (Å²) in [5.41, 5.74) is 1.81. The van der Waals surface area contributed by atoms with Crippen molar-refractivity contribution in [2.75, 3.05) is 5.32 Å². The van der Waals surface area contributed by atoms with Gasteiger partial charge in [0, 0.05) is 11.8 Å². The SMILES string of the molecule is Cc1cc(C(=O)Nc2ccccc2C(C)Cl)no1. The van der Waals surface area contributed by atoms with E-state index in [1.807, 2.05) is 25.1 Å².